The second-order valence-corrected chi connectivity index (χ2v) is 10.9. The second-order valence-electron chi connectivity index (χ2n) is 8.94. The van der Waals surface area contributed by atoms with Gasteiger partial charge in [0.05, 0.1) is 10.5 Å². The summed E-state index contributed by atoms with van der Waals surface area (Å²) in [5.74, 6) is -0.168. The molecule has 0 aliphatic carbocycles. The van der Waals surface area contributed by atoms with E-state index < -0.39 is 10.0 Å². The van der Waals surface area contributed by atoms with Crippen LogP contribution in [0, 0.1) is 5.41 Å². The minimum Gasteiger partial charge on any atom is -0.352 e. The van der Waals surface area contributed by atoms with Gasteiger partial charge in [0, 0.05) is 38.2 Å². The summed E-state index contributed by atoms with van der Waals surface area (Å²) in [6.45, 7) is 11.3. The summed E-state index contributed by atoms with van der Waals surface area (Å²) < 4.78 is 30.1. The van der Waals surface area contributed by atoms with E-state index in [4.69, 9.17) is 0 Å². The monoisotopic (exact) mass is 499 g/mol. The number of hydrogen-bond acceptors (Lipinski definition) is 5. The van der Waals surface area contributed by atoms with Gasteiger partial charge in [0.15, 0.2) is 0 Å². The first kappa shape index (κ1) is 26.8. The van der Waals surface area contributed by atoms with E-state index in [2.05, 4.69) is 28.8 Å². The molecule has 2 aromatic rings. The molecule has 0 radical (unpaired) electrons. The Morgan fingerprint density at radius 1 is 1.26 bits per heavy atom. The van der Waals surface area contributed by atoms with E-state index in [0.29, 0.717) is 36.5 Å². The molecule has 0 unspecified atom stereocenters. The number of nitrogens with zero attached hydrogens (tertiary/aromatic N) is 3. The molecule has 8 nitrogen and oxygen atoms in total. The van der Waals surface area contributed by atoms with Crippen molar-refractivity contribution in [3.05, 3.63) is 72.6 Å². The van der Waals surface area contributed by atoms with Gasteiger partial charge < -0.3 is 15.0 Å². The number of nitrogens with one attached hydrogen (secondary N) is 2. The van der Waals surface area contributed by atoms with Crippen molar-refractivity contribution in [2.24, 2.45) is 5.41 Å². The van der Waals surface area contributed by atoms with Crippen molar-refractivity contribution in [2.75, 3.05) is 32.7 Å². The van der Waals surface area contributed by atoms with Gasteiger partial charge in [-0.3, -0.25) is 4.79 Å². The molecule has 9 heteroatoms. The number of fused-ring (bicyclic) bond motifs is 1. The standard InChI is InChI=1S/C24H33N5O3S.C2H4/c1-2-21(33(31,32)29-16-5-9-24(19-29)10-13-25-14-11-24)6-3-4-12-27-23(30)20-7-8-22-26-15-17-28(22)18-20;1-2/h2-3,6-8,15,17-18,25H,4-5,9-14,16,19H2,1H3,(H,27,30);1-2H2/b6-3-,21-2+;. The molecular formula is C26H37N5O3S. The quantitative estimate of drug-likeness (QED) is 0.345. The van der Waals surface area contributed by atoms with Crippen molar-refractivity contribution < 1.29 is 13.2 Å². The molecule has 0 bridgehead atoms. The van der Waals surface area contributed by atoms with Crippen molar-refractivity contribution >= 4 is 21.6 Å². The van der Waals surface area contributed by atoms with Gasteiger partial charge in [-0.25, -0.2) is 13.4 Å². The van der Waals surface area contributed by atoms with Crippen LogP contribution in [0.3, 0.4) is 0 Å². The van der Waals surface area contributed by atoms with E-state index in [1.807, 2.05) is 6.08 Å². The highest BCUT2D eigenvalue weighted by Crippen LogP contribution is 2.39. The summed E-state index contributed by atoms with van der Waals surface area (Å²) in [6, 6.07) is 3.54. The summed E-state index contributed by atoms with van der Waals surface area (Å²) in [4.78, 5) is 16.9. The topological polar surface area (TPSA) is 95.8 Å². The average Bonchev–Trinajstić information content (AvgIpc) is 3.35. The number of aromatic nitrogens is 2. The Balaban J connectivity index is 0.00000167. The van der Waals surface area contributed by atoms with Crippen LogP contribution in [-0.4, -0.2) is 60.7 Å². The number of carbonyl (C=O) groups excluding carboxylic acids is 1. The fourth-order valence-electron chi connectivity index (χ4n) is 4.84. The highest BCUT2D eigenvalue weighted by Gasteiger charge is 2.40. The summed E-state index contributed by atoms with van der Waals surface area (Å²) in [6.07, 6.45) is 15.0. The van der Waals surface area contributed by atoms with Crippen molar-refractivity contribution in [2.45, 2.75) is 39.0 Å². The molecule has 4 heterocycles. The zero-order valence-electron chi connectivity index (χ0n) is 20.6. The second kappa shape index (κ2) is 12.3. The number of sulfonamides is 1. The van der Waals surface area contributed by atoms with Crippen LogP contribution in [0.2, 0.25) is 0 Å². The van der Waals surface area contributed by atoms with Gasteiger partial charge in [-0.2, -0.15) is 4.31 Å². The van der Waals surface area contributed by atoms with Crippen LogP contribution < -0.4 is 10.6 Å². The Morgan fingerprint density at radius 2 is 2.03 bits per heavy atom. The predicted molar refractivity (Wildman–Crippen MR) is 141 cm³/mol. The van der Waals surface area contributed by atoms with Crippen molar-refractivity contribution in [3.8, 4) is 0 Å². The van der Waals surface area contributed by atoms with E-state index in [0.717, 1.165) is 44.4 Å². The first-order valence-electron chi connectivity index (χ1n) is 12.2. The first-order valence-corrected chi connectivity index (χ1v) is 13.6. The van der Waals surface area contributed by atoms with Gasteiger partial charge in [-0.1, -0.05) is 12.2 Å². The lowest BCUT2D eigenvalue weighted by atomic mass is 9.73. The van der Waals surface area contributed by atoms with Crippen molar-refractivity contribution in [1.29, 1.82) is 0 Å². The zero-order valence-corrected chi connectivity index (χ0v) is 21.4. The molecule has 4 rings (SSSR count). The molecule has 2 aliphatic heterocycles. The van der Waals surface area contributed by atoms with E-state index in [9.17, 15) is 13.2 Å². The van der Waals surface area contributed by atoms with E-state index in [-0.39, 0.29) is 11.3 Å². The van der Waals surface area contributed by atoms with Gasteiger partial charge in [-0.05, 0) is 75.7 Å². The van der Waals surface area contributed by atoms with Gasteiger partial charge in [0.2, 0.25) is 10.0 Å². The molecule has 2 aliphatic rings. The zero-order chi connectivity index (χ0) is 25.3. The van der Waals surface area contributed by atoms with Crippen LogP contribution in [0.25, 0.3) is 5.65 Å². The normalized spacial score (nSPS) is 18.9. The Bertz CT molecular complexity index is 1160. The Kier molecular flexibility index (Phi) is 9.42. The molecule has 1 amide bonds. The molecule has 190 valence electrons. The molecule has 2 aromatic heterocycles. The first-order chi connectivity index (χ1) is 16.9. The molecular weight excluding hydrogens is 462 g/mol. The molecule has 1 spiro atoms. The van der Waals surface area contributed by atoms with Crippen molar-refractivity contribution in [1.82, 2.24) is 24.3 Å². The summed E-state index contributed by atoms with van der Waals surface area (Å²) in [5, 5.41) is 6.26. The molecule has 2 saturated heterocycles. The molecule has 2 fully saturated rings. The SMILES string of the molecule is C/C=C(\C=C/CCNC(=O)c1ccc2nccn2c1)S(=O)(=O)N1CCCC2(CCNCC2)C1.C=C. The van der Waals surface area contributed by atoms with Gasteiger partial charge in [0.25, 0.3) is 5.91 Å². The van der Waals surface area contributed by atoms with Gasteiger partial charge in [-0.15, -0.1) is 13.2 Å². The Hall–Kier alpha value is -2.75. The van der Waals surface area contributed by atoms with Gasteiger partial charge >= 0.3 is 0 Å². The average molecular weight is 500 g/mol. The smallest absolute Gasteiger partial charge is 0.252 e. The number of rotatable bonds is 7. The van der Waals surface area contributed by atoms with E-state index >= 15 is 0 Å². The van der Waals surface area contributed by atoms with Crippen molar-refractivity contribution in [3.63, 3.8) is 0 Å². The predicted octanol–water partition coefficient (Wildman–Crippen LogP) is 3.51. The van der Waals surface area contributed by atoms with Crippen LogP contribution in [0.5, 0.6) is 0 Å². The molecule has 2 N–H and O–H groups in total. The van der Waals surface area contributed by atoms with Crippen LogP contribution >= 0.6 is 0 Å². The number of amides is 1. The highest BCUT2D eigenvalue weighted by atomic mass is 32.2. The van der Waals surface area contributed by atoms with Gasteiger partial charge in [0.1, 0.15) is 5.65 Å². The fraction of sp³-hybridized carbons (Fsp3) is 0.462. The van der Waals surface area contributed by atoms with E-state index in [1.165, 1.54) is 0 Å². The molecule has 0 aromatic carbocycles. The third-order valence-electron chi connectivity index (χ3n) is 6.74. The third-order valence-corrected chi connectivity index (χ3v) is 8.70. The largest absolute Gasteiger partial charge is 0.352 e. The summed E-state index contributed by atoms with van der Waals surface area (Å²) in [7, 11) is -3.52. The highest BCUT2D eigenvalue weighted by molar-refractivity contribution is 7.93. The maximum absolute atomic E-state index is 13.3. The van der Waals surface area contributed by atoms with Crippen LogP contribution in [0.15, 0.2) is 67.0 Å². The third kappa shape index (κ3) is 6.48. The number of piperidine rings is 2. The van der Waals surface area contributed by atoms with Crippen LogP contribution in [-0.2, 0) is 10.0 Å². The molecule has 0 saturated carbocycles. The maximum atomic E-state index is 13.3. The number of imidazole rings is 1. The molecule has 35 heavy (non-hydrogen) atoms. The summed E-state index contributed by atoms with van der Waals surface area (Å²) >= 11 is 0. The maximum Gasteiger partial charge on any atom is 0.252 e. The number of hydrogen-bond donors (Lipinski definition) is 2. The lowest BCUT2D eigenvalue weighted by Crippen LogP contribution is -2.50. The number of pyridine rings is 1. The fourth-order valence-corrected chi connectivity index (χ4v) is 6.52. The minimum absolute atomic E-state index is 0.114. The van der Waals surface area contributed by atoms with E-state index in [1.54, 1.807) is 58.5 Å². The lowest BCUT2D eigenvalue weighted by Gasteiger charge is -2.44. The lowest BCUT2D eigenvalue weighted by molar-refractivity contribution is 0.0954. The van der Waals surface area contributed by atoms with Crippen LogP contribution in [0.4, 0.5) is 0 Å². The number of allylic oxidation sites excluding steroid dienone is 2. The van der Waals surface area contributed by atoms with Crippen LogP contribution in [0.1, 0.15) is 49.4 Å². The number of carbonyl (C=O) groups is 1. The molecule has 0 atom stereocenters. The summed E-state index contributed by atoms with van der Waals surface area (Å²) in [5.41, 5.74) is 1.45. The Morgan fingerprint density at radius 3 is 2.77 bits per heavy atom. The Labute approximate surface area is 208 Å². The minimum atomic E-state index is -3.52.